The van der Waals surface area contributed by atoms with Gasteiger partial charge in [0.15, 0.2) is 3.83 Å². The van der Waals surface area contributed by atoms with Gasteiger partial charge in [-0.1, -0.05) is 0 Å². The van der Waals surface area contributed by atoms with Crippen LogP contribution in [0, 0.1) is 3.83 Å². The maximum absolute atomic E-state index is 9.99. The van der Waals surface area contributed by atoms with Gasteiger partial charge in [0.25, 0.3) is 0 Å². The molecule has 20 heavy (non-hydrogen) atoms. The van der Waals surface area contributed by atoms with Gasteiger partial charge in [-0.05, 0) is 26.0 Å². The summed E-state index contributed by atoms with van der Waals surface area (Å²) in [7, 11) is 0. The molecule has 102 valence electrons. The topological polar surface area (TPSA) is 76.2 Å². The summed E-state index contributed by atoms with van der Waals surface area (Å²) < 4.78 is 2.52. The molecule has 6 nitrogen and oxygen atoms in total. The Kier molecular flexibility index (Phi) is 3.17. The third-order valence-corrected chi connectivity index (χ3v) is 3.41. The van der Waals surface area contributed by atoms with Gasteiger partial charge >= 0.3 is 0 Å². The van der Waals surface area contributed by atoms with Crippen LogP contribution in [0.3, 0.4) is 0 Å². The largest absolute Gasteiger partial charge is 0.384 e. The molecule has 0 fully saturated rings. The van der Waals surface area contributed by atoms with E-state index in [-0.39, 0.29) is 0 Å². The van der Waals surface area contributed by atoms with Crippen molar-refractivity contribution in [2.45, 2.75) is 19.4 Å². The molecule has 0 aliphatic rings. The molecule has 0 spiro atoms. The zero-order chi connectivity index (χ0) is 14.3. The number of aliphatic hydroxyl groups is 1. The van der Waals surface area contributed by atoms with Crippen LogP contribution in [0.25, 0.3) is 17.2 Å². The van der Waals surface area contributed by atoms with Gasteiger partial charge in [0.1, 0.15) is 5.60 Å². The van der Waals surface area contributed by atoms with Gasteiger partial charge < -0.3 is 5.11 Å². The van der Waals surface area contributed by atoms with Crippen molar-refractivity contribution in [3.63, 3.8) is 0 Å². The van der Waals surface area contributed by atoms with Crippen LogP contribution in [-0.2, 0) is 5.60 Å². The van der Waals surface area contributed by atoms with Gasteiger partial charge in [-0.25, -0.2) is 19.9 Å². The number of halogens is 1. The Balaban J connectivity index is 2.15. The molecule has 1 N–H and O–H groups in total. The van der Waals surface area contributed by atoms with Crippen LogP contribution in [0.4, 0.5) is 0 Å². The molecule has 3 aromatic rings. The minimum absolute atomic E-state index is 0.535. The molecule has 7 heteroatoms. The van der Waals surface area contributed by atoms with Gasteiger partial charge in [0.05, 0.1) is 23.3 Å². The van der Waals surface area contributed by atoms with E-state index in [9.17, 15) is 5.11 Å². The lowest BCUT2D eigenvalue weighted by molar-refractivity contribution is 0.0739. The molecule has 3 aromatic heterocycles. The maximum atomic E-state index is 9.99. The Morgan fingerprint density at radius 2 is 2.00 bits per heavy atom. The predicted molar refractivity (Wildman–Crippen MR) is 82.0 cm³/mol. The summed E-state index contributed by atoms with van der Waals surface area (Å²) in [6, 6.07) is 3.61. The molecular formula is C13H12IN5O. The van der Waals surface area contributed by atoms with Crippen molar-refractivity contribution < 1.29 is 5.11 Å². The van der Waals surface area contributed by atoms with E-state index >= 15 is 0 Å². The van der Waals surface area contributed by atoms with Crippen LogP contribution in [0.5, 0.6) is 0 Å². The van der Waals surface area contributed by atoms with Gasteiger partial charge in [-0.3, -0.25) is 4.40 Å². The van der Waals surface area contributed by atoms with E-state index < -0.39 is 5.60 Å². The van der Waals surface area contributed by atoms with Crippen LogP contribution in [0.2, 0.25) is 0 Å². The van der Waals surface area contributed by atoms with E-state index in [2.05, 4.69) is 42.5 Å². The second-order valence-electron chi connectivity index (χ2n) is 4.90. The van der Waals surface area contributed by atoms with Gasteiger partial charge in [0.2, 0.25) is 5.78 Å². The summed E-state index contributed by atoms with van der Waals surface area (Å²) in [5.74, 6) is 0.535. The van der Waals surface area contributed by atoms with Crippen LogP contribution in [0.15, 0.2) is 30.7 Å². The van der Waals surface area contributed by atoms with E-state index in [1.165, 1.54) is 0 Å². The van der Waals surface area contributed by atoms with Crippen molar-refractivity contribution >= 4 is 28.4 Å². The Hall–Kier alpha value is -1.61. The standard InChI is InChI=1S/C13H12IN5O/c1-13(2,20)10-4-6-19-9(7-16-12(19)18-10)8-3-5-15-11(14)17-8/h3-7,20H,1-2H3. The lowest BCUT2D eigenvalue weighted by Crippen LogP contribution is -2.18. The minimum atomic E-state index is -0.988. The first-order valence-electron chi connectivity index (χ1n) is 6.01. The van der Waals surface area contributed by atoms with Crippen LogP contribution in [-0.4, -0.2) is 29.4 Å². The quantitative estimate of drug-likeness (QED) is 0.543. The molecule has 0 aromatic carbocycles. The summed E-state index contributed by atoms with van der Waals surface area (Å²) in [5.41, 5.74) is 1.22. The number of imidazole rings is 1. The van der Waals surface area contributed by atoms with E-state index in [1.54, 1.807) is 32.3 Å². The van der Waals surface area contributed by atoms with Crippen molar-refractivity contribution in [1.29, 1.82) is 0 Å². The van der Waals surface area contributed by atoms with Gasteiger partial charge in [-0.2, -0.15) is 0 Å². The number of hydrogen-bond donors (Lipinski definition) is 1. The first-order valence-corrected chi connectivity index (χ1v) is 7.09. The maximum Gasteiger partial charge on any atom is 0.234 e. The third-order valence-electron chi connectivity index (χ3n) is 2.89. The average Bonchev–Trinajstić information content (AvgIpc) is 2.80. The normalized spacial score (nSPS) is 12.0. The fourth-order valence-electron chi connectivity index (χ4n) is 1.88. The Morgan fingerprint density at radius 1 is 1.20 bits per heavy atom. The lowest BCUT2D eigenvalue weighted by Gasteiger charge is -2.16. The molecule has 0 amide bonds. The van der Waals surface area contributed by atoms with Crippen LogP contribution < -0.4 is 0 Å². The molecule has 3 heterocycles. The molecule has 0 radical (unpaired) electrons. The molecule has 0 bridgehead atoms. The smallest absolute Gasteiger partial charge is 0.234 e. The highest BCUT2D eigenvalue weighted by molar-refractivity contribution is 14.1. The second-order valence-corrected chi connectivity index (χ2v) is 5.86. The second kappa shape index (κ2) is 4.74. The van der Waals surface area contributed by atoms with Crippen molar-refractivity contribution in [3.05, 3.63) is 40.2 Å². The summed E-state index contributed by atoms with van der Waals surface area (Å²) >= 11 is 2.07. The highest BCUT2D eigenvalue weighted by Gasteiger charge is 2.19. The van der Waals surface area contributed by atoms with Crippen molar-refractivity contribution in [2.24, 2.45) is 0 Å². The van der Waals surface area contributed by atoms with E-state index in [4.69, 9.17) is 0 Å². The van der Waals surface area contributed by atoms with E-state index in [1.807, 2.05) is 16.7 Å². The fourth-order valence-corrected chi connectivity index (χ4v) is 2.30. The first-order chi connectivity index (χ1) is 9.45. The zero-order valence-electron chi connectivity index (χ0n) is 10.9. The predicted octanol–water partition coefficient (Wildman–Crippen LogP) is 2.02. The number of fused-ring (bicyclic) bond motifs is 1. The number of nitrogens with zero attached hydrogens (tertiary/aromatic N) is 5. The van der Waals surface area contributed by atoms with Crippen LogP contribution >= 0.6 is 22.6 Å². The summed E-state index contributed by atoms with van der Waals surface area (Å²) in [5, 5.41) is 9.99. The van der Waals surface area contributed by atoms with Gasteiger partial charge in [0, 0.05) is 35.0 Å². The first kappa shape index (κ1) is 13.4. The zero-order valence-corrected chi connectivity index (χ0v) is 13.1. The Bertz CT molecular complexity index is 778. The number of hydrogen-bond acceptors (Lipinski definition) is 5. The fraction of sp³-hybridized carbons (Fsp3) is 0.231. The minimum Gasteiger partial charge on any atom is -0.384 e. The molecular weight excluding hydrogens is 369 g/mol. The summed E-state index contributed by atoms with van der Waals surface area (Å²) in [4.78, 5) is 17.1. The molecule has 0 atom stereocenters. The highest BCUT2D eigenvalue weighted by atomic mass is 127. The van der Waals surface area contributed by atoms with Crippen LogP contribution in [0.1, 0.15) is 19.5 Å². The Labute approximate surface area is 129 Å². The molecule has 0 aliphatic heterocycles. The van der Waals surface area contributed by atoms with E-state index in [0.717, 1.165) is 11.4 Å². The average molecular weight is 381 g/mol. The molecule has 0 saturated carbocycles. The molecule has 0 aliphatic carbocycles. The monoisotopic (exact) mass is 381 g/mol. The highest BCUT2D eigenvalue weighted by Crippen LogP contribution is 2.21. The van der Waals surface area contributed by atoms with Crippen molar-refractivity contribution in [3.8, 4) is 11.4 Å². The number of rotatable bonds is 2. The SMILES string of the molecule is CC(C)(O)c1ccn2c(-c3ccnc(I)n3)cnc2n1. The molecule has 0 saturated heterocycles. The summed E-state index contributed by atoms with van der Waals surface area (Å²) in [6.07, 6.45) is 5.27. The number of aromatic nitrogens is 5. The third kappa shape index (κ3) is 2.38. The summed E-state index contributed by atoms with van der Waals surface area (Å²) in [6.45, 7) is 3.39. The van der Waals surface area contributed by atoms with E-state index in [0.29, 0.717) is 15.3 Å². The van der Waals surface area contributed by atoms with Gasteiger partial charge in [-0.15, -0.1) is 0 Å². The molecule has 0 unspecified atom stereocenters. The van der Waals surface area contributed by atoms with Crippen molar-refractivity contribution in [1.82, 2.24) is 24.3 Å². The lowest BCUT2D eigenvalue weighted by atomic mass is 10.1. The molecule has 3 rings (SSSR count). The Morgan fingerprint density at radius 3 is 2.70 bits per heavy atom. The van der Waals surface area contributed by atoms with Crippen molar-refractivity contribution in [2.75, 3.05) is 0 Å².